The zero-order valence-corrected chi connectivity index (χ0v) is 12.2. The predicted octanol–water partition coefficient (Wildman–Crippen LogP) is 2.13. The average Bonchev–Trinajstić information content (AvgIpc) is 2.89. The van der Waals surface area contributed by atoms with Gasteiger partial charge in [0.05, 0.1) is 11.4 Å². The van der Waals surface area contributed by atoms with Gasteiger partial charge in [-0.15, -0.1) is 0 Å². The summed E-state index contributed by atoms with van der Waals surface area (Å²) in [5, 5.41) is 8.17. The third-order valence-corrected chi connectivity index (χ3v) is 3.94. The Kier molecular flexibility index (Phi) is 3.74. The van der Waals surface area contributed by atoms with E-state index in [1.165, 1.54) is 16.9 Å². The topological polar surface area (TPSA) is 33.1 Å². The van der Waals surface area contributed by atoms with Crippen LogP contribution in [-0.4, -0.2) is 29.4 Å². The Bertz CT molecular complexity index is 561. The quantitative estimate of drug-likeness (QED) is 0.927. The van der Waals surface area contributed by atoms with Gasteiger partial charge in [0.2, 0.25) is 0 Å². The van der Waals surface area contributed by atoms with E-state index in [-0.39, 0.29) is 0 Å². The Morgan fingerprint density at radius 2 is 2.10 bits per heavy atom. The highest BCUT2D eigenvalue weighted by atomic mass is 15.3. The molecule has 2 heterocycles. The molecular weight excluding hydrogens is 248 g/mol. The van der Waals surface area contributed by atoms with Gasteiger partial charge in [-0.1, -0.05) is 37.3 Å². The first-order chi connectivity index (χ1) is 9.78. The van der Waals surface area contributed by atoms with E-state index in [1.54, 1.807) is 0 Å². The second-order valence-electron chi connectivity index (χ2n) is 5.35. The molecule has 1 aliphatic heterocycles. The van der Waals surface area contributed by atoms with E-state index in [1.807, 2.05) is 11.7 Å². The normalized spacial score (nSPS) is 19.3. The molecule has 1 aliphatic rings. The molecule has 0 radical (unpaired) electrons. The smallest absolute Gasteiger partial charge is 0.0855 e. The molecule has 1 saturated heterocycles. The Morgan fingerprint density at radius 1 is 1.30 bits per heavy atom. The molecule has 106 valence electrons. The third-order valence-electron chi connectivity index (χ3n) is 3.94. The number of aryl methyl sites for hydroxylation is 2. The van der Waals surface area contributed by atoms with Gasteiger partial charge in [-0.3, -0.25) is 4.68 Å². The standard InChI is InChI=1S/C16H22N4/c1-3-14-16(12-19(2)18-14)20-10-9-17-15(11-20)13-7-5-4-6-8-13/h4-8,12,15,17H,3,9-11H2,1-2H3. The van der Waals surface area contributed by atoms with Crippen LogP contribution in [0.1, 0.15) is 24.2 Å². The van der Waals surface area contributed by atoms with Crippen LogP contribution >= 0.6 is 0 Å². The van der Waals surface area contributed by atoms with Gasteiger partial charge in [-0.25, -0.2) is 0 Å². The second-order valence-corrected chi connectivity index (χ2v) is 5.35. The van der Waals surface area contributed by atoms with E-state index in [0.717, 1.165) is 26.1 Å². The summed E-state index contributed by atoms with van der Waals surface area (Å²) in [5.74, 6) is 0. The van der Waals surface area contributed by atoms with Gasteiger partial charge in [0.15, 0.2) is 0 Å². The predicted molar refractivity (Wildman–Crippen MR) is 82.0 cm³/mol. The minimum atomic E-state index is 0.398. The fourth-order valence-corrected chi connectivity index (χ4v) is 2.92. The van der Waals surface area contributed by atoms with Crippen molar-refractivity contribution in [3.8, 4) is 0 Å². The van der Waals surface area contributed by atoms with Crippen LogP contribution in [0.2, 0.25) is 0 Å². The molecule has 0 saturated carbocycles. The van der Waals surface area contributed by atoms with Crippen LogP contribution in [0.5, 0.6) is 0 Å². The van der Waals surface area contributed by atoms with Crippen LogP contribution in [0.3, 0.4) is 0 Å². The van der Waals surface area contributed by atoms with Crippen molar-refractivity contribution in [2.45, 2.75) is 19.4 Å². The number of piperazine rings is 1. The molecule has 1 fully saturated rings. The molecular formula is C16H22N4. The lowest BCUT2D eigenvalue weighted by atomic mass is 10.0. The average molecular weight is 270 g/mol. The highest BCUT2D eigenvalue weighted by molar-refractivity contribution is 5.50. The van der Waals surface area contributed by atoms with Crippen molar-refractivity contribution in [3.05, 3.63) is 47.8 Å². The molecule has 1 aromatic carbocycles. The highest BCUT2D eigenvalue weighted by Gasteiger charge is 2.23. The van der Waals surface area contributed by atoms with E-state index in [2.05, 4.69) is 58.8 Å². The van der Waals surface area contributed by atoms with Crippen molar-refractivity contribution in [1.82, 2.24) is 15.1 Å². The van der Waals surface area contributed by atoms with Crippen LogP contribution in [0.4, 0.5) is 5.69 Å². The molecule has 1 N–H and O–H groups in total. The largest absolute Gasteiger partial charge is 0.366 e. The van der Waals surface area contributed by atoms with Gasteiger partial charge in [0, 0.05) is 38.9 Å². The fourth-order valence-electron chi connectivity index (χ4n) is 2.92. The monoisotopic (exact) mass is 270 g/mol. The number of hydrogen-bond donors (Lipinski definition) is 1. The third kappa shape index (κ3) is 2.56. The van der Waals surface area contributed by atoms with E-state index in [9.17, 15) is 0 Å². The molecule has 0 amide bonds. The van der Waals surface area contributed by atoms with Crippen molar-refractivity contribution in [3.63, 3.8) is 0 Å². The Hall–Kier alpha value is -1.81. The van der Waals surface area contributed by atoms with Gasteiger partial charge in [-0.05, 0) is 12.0 Å². The van der Waals surface area contributed by atoms with Crippen LogP contribution in [-0.2, 0) is 13.5 Å². The van der Waals surface area contributed by atoms with Gasteiger partial charge in [-0.2, -0.15) is 5.10 Å². The Balaban J connectivity index is 1.81. The first kappa shape index (κ1) is 13.2. The molecule has 4 nitrogen and oxygen atoms in total. The van der Waals surface area contributed by atoms with E-state index >= 15 is 0 Å². The maximum atomic E-state index is 4.56. The van der Waals surface area contributed by atoms with Crippen molar-refractivity contribution < 1.29 is 0 Å². The lowest BCUT2D eigenvalue weighted by molar-refractivity contribution is 0.471. The molecule has 0 aliphatic carbocycles. The molecule has 1 aromatic heterocycles. The molecule has 2 aromatic rings. The van der Waals surface area contributed by atoms with E-state index < -0.39 is 0 Å². The summed E-state index contributed by atoms with van der Waals surface area (Å²) in [7, 11) is 2.00. The summed E-state index contributed by atoms with van der Waals surface area (Å²) in [4.78, 5) is 2.46. The number of rotatable bonds is 3. The number of aromatic nitrogens is 2. The van der Waals surface area contributed by atoms with Crippen LogP contribution in [0, 0.1) is 0 Å². The lowest BCUT2D eigenvalue weighted by Crippen LogP contribution is -2.46. The van der Waals surface area contributed by atoms with Crippen LogP contribution in [0.25, 0.3) is 0 Å². The van der Waals surface area contributed by atoms with E-state index in [0.29, 0.717) is 6.04 Å². The highest BCUT2D eigenvalue weighted by Crippen LogP contribution is 2.25. The molecule has 0 spiro atoms. The van der Waals surface area contributed by atoms with E-state index in [4.69, 9.17) is 0 Å². The van der Waals surface area contributed by atoms with Crippen LogP contribution in [0.15, 0.2) is 36.5 Å². The zero-order valence-electron chi connectivity index (χ0n) is 12.2. The molecule has 0 bridgehead atoms. The Labute approximate surface area is 120 Å². The van der Waals surface area contributed by atoms with Gasteiger partial charge in [0.25, 0.3) is 0 Å². The summed E-state index contributed by atoms with van der Waals surface area (Å²) in [6.45, 7) is 5.23. The lowest BCUT2D eigenvalue weighted by Gasteiger charge is -2.35. The van der Waals surface area contributed by atoms with Crippen molar-refractivity contribution in [2.75, 3.05) is 24.5 Å². The summed E-state index contributed by atoms with van der Waals surface area (Å²) in [6, 6.07) is 11.1. The van der Waals surface area contributed by atoms with Crippen molar-refractivity contribution in [1.29, 1.82) is 0 Å². The minimum Gasteiger partial charge on any atom is -0.366 e. The molecule has 4 heteroatoms. The molecule has 1 atom stereocenters. The number of hydrogen-bond acceptors (Lipinski definition) is 3. The minimum absolute atomic E-state index is 0.398. The summed E-state index contributed by atoms with van der Waals surface area (Å²) < 4.78 is 1.92. The van der Waals surface area contributed by atoms with Gasteiger partial charge in [0.1, 0.15) is 0 Å². The van der Waals surface area contributed by atoms with Gasteiger partial charge >= 0.3 is 0 Å². The number of nitrogens with one attached hydrogen (secondary N) is 1. The Morgan fingerprint density at radius 3 is 2.85 bits per heavy atom. The maximum absolute atomic E-state index is 4.56. The zero-order chi connectivity index (χ0) is 13.9. The first-order valence-corrected chi connectivity index (χ1v) is 7.33. The summed E-state index contributed by atoms with van der Waals surface area (Å²) >= 11 is 0. The fraction of sp³-hybridized carbons (Fsp3) is 0.438. The summed E-state index contributed by atoms with van der Waals surface area (Å²) in [6.07, 6.45) is 3.13. The first-order valence-electron chi connectivity index (χ1n) is 7.33. The van der Waals surface area contributed by atoms with Crippen LogP contribution < -0.4 is 10.2 Å². The summed E-state index contributed by atoms with van der Waals surface area (Å²) in [5.41, 5.74) is 3.85. The van der Waals surface area contributed by atoms with Crippen molar-refractivity contribution in [2.24, 2.45) is 7.05 Å². The molecule has 20 heavy (non-hydrogen) atoms. The second kappa shape index (κ2) is 5.67. The SMILES string of the molecule is CCc1nn(C)cc1N1CCNC(c2ccccc2)C1. The number of anilines is 1. The van der Waals surface area contributed by atoms with Crippen molar-refractivity contribution >= 4 is 5.69 Å². The van der Waals surface area contributed by atoms with Gasteiger partial charge < -0.3 is 10.2 Å². The maximum Gasteiger partial charge on any atom is 0.0855 e. The molecule has 3 rings (SSSR count). The molecule has 1 unspecified atom stereocenters. The number of benzene rings is 1. The number of nitrogens with zero attached hydrogens (tertiary/aromatic N) is 3.